The topological polar surface area (TPSA) is 103 Å². The van der Waals surface area contributed by atoms with Crippen LogP contribution in [0.3, 0.4) is 0 Å². The lowest BCUT2D eigenvalue weighted by Crippen LogP contribution is -2.70. The van der Waals surface area contributed by atoms with E-state index < -0.39 is 18.0 Å². The van der Waals surface area contributed by atoms with Gasteiger partial charge in [-0.3, -0.25) is 24.8 Å². The highest BCUT2D eigenvalue weighted by Gasteiger charge is 2.48. The smallest absolute Gasteiger partial charge is 0.265 e. The lowest BCUT2D eigenvalue weighted by atomic mass is 9.93. The molecule has 0 bridgehead atoms. The largest absolute Gasteiger partial charge is 0.324 e. The molecule has 2 aromatic carbocycles. The van der Waals surface area contributed by atoms with Gasteiger partial charge < -0.3 is 10.6 Å². The molecule has 1 saturated heterocycles. The van der Waals surface area contributed by atoms with Crippen molar-refractivity contribution in [3.05, 3.63) is 88.7 Å². The number of hydrazine groups is 1. The van der Waals surface area contributed by atoms with Gasteiger partial charge in [0.25, 0.3) is 5.91 Å². The van der Waals surface area contributed by atoms with Crippen molar-refractivity contribution in [1.29, 1.82) is 0 Å². The number of amides is 3. The first-order chi connectivity index (χ1) is 16.7. The number of pyridine rings is 1. The van der Waals surface area contributed by atoms with Gasteiger partial charge in [0.15, 0.2) is 0 Å². The van der Waals surface area contributed by atoms with Crippen LogP contribution in [0.15, 0.2) is 60.9 Å². The summed E-state index contributed by atoms with van der Waals surface area (Å²) in [5.41, 5.74) is 8.61. The SMILES string of the molecule is Cc1ccc(NC(=O)[C@@H]2C[C@@H](C(=O)Nc3ccc(C)cc3C)N2NC(=O)c2ccncc2)c(C)c1. The molecule has 8 nitrogen and oxygen atoms in total. The molecule has 0 radical (unpaired) electrons. The van der Waals surface area contributed by atoms with E-state index in [9.17, 15) is 14.4 Å². The summed E-state index contributed by atoms with van der Waals surface area (Å²) < 4.78 is 0. The quantitative estimate of drug-likeness (QED) is 0.509. The molecular formula is C27H29N5O3. The Morgan fingerprint density at radius 2 is 1.26 bits per heavy atom. The second kappa shape index (κ2) is 10.1. The number of anilines is 2. The van der Waals surface area contributed by atoms with E-state index in [2.05, 4.69) is 21.0 Å². The van der Waals surface area contributed by atoms with Crippen molar-refractivity contribution >= 4 is 29.1 Å². The minimum atomic E-state index is -0.698. The van der Waals surface area contributed by atoms with E-state index >= 15 is 0 Å². The first kappa shape index (κ1) is 24.1. The van der Waals surface area contributed by atoms with Crippen LogP contribution < -0.4 is 16.1 Å². The fourth-order valence-electron chi connectivity index (χ4n) is 4.17. The zero-order valence-electron chi connectivity index (χ0n) is 20.3. The van der Waals surface area contributed by atoms with E-state index in [1.807, 2.05) is 64.1 Å². The van der Waals surface area contributed by atoms with Crippen molar-refractivity contribution in [1.82, 2.24) is 15.4 Å². The van der Waals surface area contributed by atoms with Gasteiger partial charge in [-0.2, -0.15) is 5.01 Å². The predicted molar refractivity (Wildman–Crippen MR) is 135 cm³/mol. The van der Waals surface area contributed by atoms with Crippen LogP contribution in [0.4, 0.5) is 11.4 Å². The van der Waals surface area contributed by atoms with Gasteiger partial charge >= 0.3 is 0 Å². The maximum atomic E-state index is 13.1. The molecule has 1 aliphatic heterocycles. The van der Waals surface area contributed by atoms with Gasteiger partial charge in [0, 0.05) is 35.8 Å². The van der Waals surface area contributed by atoms with E-state index in [0.29, 0.717) is 16.9 Å². The van der Waals surface area contributed by atoms with Gasteiger partial charge in [0.05, 0.1) is 0 Å². The van der Waals surface area contributed by atoms with Gasteiger partial charge in [-0.15, -0.1) is 0 Å². The molecule has 1 fully saturated rings. The third-order valence-corrected chi connectivity index (χ3v) is 6.18. The maximum Gasteiger partial charge on any atom is 0.265 e. The van der Waals surface area contributed by atoms with Crippen LogP contribution in [-0.4, -0.2) is 39.8 Å². The van der Waals surface area contributed by atoms with Gasteiger partial charge in [-0.1, -0.05) is 35.4 Å². The summed E-state index contributed by atoms with van der Waals surface area (Å²) in [6.07, 6.45) is 3.30. The van der Waals surface area contributed by atoms with Crippen LogP contribution in [0, 0.1) is 27.7 Å². The lowest BCUT2D eigenvalue weighted by Gasteiger charge is -2.45. The van der Waals surface area contributed by atoms with E-state index in [-0.39, 0.29) is 18.2 Å². The Bertz CT molecular complexity index is 1200. The monoisotopic (exact) mass is 471 g/mol. The molecule has 4 rings (SSSR count). The Hall–Kier alpha value is -4.04. The average Bonchev–Trinajstić information content (AvgIpc) is 2.81. The zero-order valence-corrected chi connectivity index (χ0v) is 20.3. The summed E-state index contributed by atoms with van der Waals surface area (Å²) in [5.74, 6) is -0.995. The lowest BCUT2D eigenvalue weighted by molar-refractivity contribution is -0.141. The summed E-state index contributed by atoms with van der Waals surface area (Å²) in [5, 5.41) is 7.30. The molecule has 0 aliphatic carbocycles. The average molecular weight is 472 g/mol. The van der Waals surface area contributed by atoms with Gasteiger partial charge in [0.1, 0.15) is 12.1 Å². The molecule has 3 aromatic rings. The van der Waals surface area contributed by atoms with E-state index in [1.165, 1.54) is 17.4 Å². The minimum absolute atomic E-state index is 0.268. The number of rotatable bonds is 6. The number of hydrogen-bond donors (Lipinski definition) is 3. The molecule has 8 heteroatoms. The Labute approximate surface area is 204 Å². The molecule has 0 saturated carbocycles. The number of carbonyl (C=O) groups is 3. The van der Waals surface area contributed by atoms with E-state index in [1.54, 1.807) is 12.1 Å². The Kier molecular flexibility index (Phi) is 6.93. The van der Waals surface area contributed by atoms with Crippen LogP contribution >= 0.6 is 0 Å². The third-order valence-electron chi connectivity index (χ3n) is 6.18. The second-order valence-corrected chi connectivity index (χ2v) is 8.97. The van der Waals surface area contributed by atoms with Crippen molar-refractivity contribution in [3.8, 4) is 0 Å². The molecular weight excluding hydrogens is 442 g/mol. The number of aryl methyl sites for hydroxylation is 4. The van der Waals surface area contributed by atoms with Gasteiger partial charge in [-0.25, -0.2) is 0 Å². The highest BCUT2D eigenvalue weighted by Crippen LogP contribution is 2.28. The van der Waals surface area contributed by atoms with Gasteiger partial charge in [-0.05, 0) is 63.1 Å². The van der Waals surface area contributed by atoms with Gasteiger partial charge in [0.2, 0.25) is 11.8 Å². The van der Waals surface area contributed by atoms with Crippen LogP contribution in [0.5, 0.6) is 0 Å². The summed E-state index contributed by atoms with van der Waals surface area (Å²) in [4.78, 5) is 43.0. The fourth-order valence-corrected chi connectivity index (χ4v) is 4.17. The Balaban J connectivity index is 1.52. The highest BCUT2D eigenvalue weighted by molar-refractivity contribution is 6.02. The molecule has 1 aliphatic rings. The third kappa shape index (κ3) is 5.38. The van der Waals surface area contributed by atoms with Crippen LogP contribution in [-0.2, 0) is 9.59 Å². The second-order valence-electron chi connectivity index (χ2n) is 8.97. The normalized spacial score (nSPS) is 17.3. The first-order valence-corrected chi connectivity index (χ1v) is 11.5. The molecule has 35 heavy (non-hydrogen) atoms. The van der Waals surface area contributed by atoms with Crippen LogP contribution in [0.2, 0.25) is 0 Å². The predicted octanol–water partition coefficient (Wildman–Crippen LogP) is 3.68. The molecule has 2 heterocycles. The Morgan fingerprint density at radius 1 is 0.771 bits per heavy atom. The summed E-state index contributed by atoms with van der Waals surface area (Å²) in [6, 6.07) is 13.3. The Morgan fingerprint density at radius 3 is 1.71 bits per heavy atom. The number of hydrogen-bond acceptors (Lipinski definition) is 5. The molecule has 2 atom stereocenters. The summed E-state index contributed by atoms with van der Waals surface area (Å²) in [6.45, 7) is 7.82. The number of nitrogens with zero attached hydrogens (tertiary/aromatic N) is 2. The van der Waals surface area contributed by atoms with Crippen molar-refractivity contribution in [2.75, 3.05) is 10.6 Å². The molecule has 3 amide bonds. The first-order valence-electron chi connectivity index (χ1n) is 11.5. The zero-order chi connectivity index (χ0) is 25.1. The van der Waals surface area contributed by atoms with Crippen molar-refractivity contribution in [3.63, 3.8) is 0 Å². The van der Waals surface area contributed by atoms with Crippen molar-refractivity contribution in [2.45, 2.75) is 46.2 Å². The maximum absolute atomic E-state index is 13.1. The van der Waals surface area contributed by atoms with Crippen LogP contribution in [0.1, 0.15) is 39.0 Å². The van der Waals surface area contributed by atoms with Crippen LogP contribution in [0.25, 0.3) is 0 Å². The van der Waals surface area contributed by atoms with E-state index in [0.717, 1.165) is 22.3 Å². The standard InChI is InChI=1S/C27H29N5O3/c1-16-5-7-21(18(3)13-16)29-26(34)23-15-24(27(35)30-22-8-6-17(2)14-19(22)4)32(23)31-25(33)20-9-11-28-12-10-20/h5-14,23-24H,15H2,1-4H3,(H,29,34)(H,30,35)(H,31,33)/t23-,24-/m0/s1. The summed E-state index contributed by atoms with van der Waals surface area (Å²) in [7, 11) is 0. The molecule has 180 valence electrons. The fraction of sp³-hybridized carbons (Fsp3) is 0.259. The minimum Gasteiger partial charge on any atom is -0.324 e. The number of aromatic nitrogens is 1. The number of benzene rings is 2. The number of carbonyl (C=O) groups excluding carboxylic acids is 3. The molecule has 1 aromatic heterocycles. The molecule has 0 spiro atoms. The summed E-state index contributed by atoms with van der Waals surface area (Å²) >= 11 is 0. The van der Waals surface area contributed by atoms with E-state index in [4.69, 9.17) is 0 Å². The van der Waals surface area contributed by atoms with Crippen molar-refractivity contribution < 1.29 is 14.4 Å². The van der Waals surface area contributed by atoms with Crippen molar-refractivity contribution in [2.24, 2.45) is 0 Å². The molecule has 3 N–H and O–H groups in total. The number of nitrogens with one attached hydrogen (secondary N) is 3. The highest BCUT2D eigenvalue weighted by atomic mass is 16.2. The molecule has 0 unspecified atom stereocenters.